The van der Waals surface area contributed by atoms with Crippen molar-refractivity contribution in [1.82, 2.24) is 14.7 Å². The minimum atomic E-state index is -0.979. The van der Waals surface area contributed by atoms with Crippen LogP contribution in [0.3, 0.4) is 0 Å². The van der Waals surface area contributed by atoms with E-state index in [1.165, 1.54) is 6.20 Å². The van der Waals surface area contributed by atoms with Gasteiger partial charge in [0.25, 0.3) is 5.91 Å². The molecule has 0 unspecified atom stereocenters. The standard InChI is InChI=1S/C16H19N3O4/c1-10-7-11(2)23-14(10)15(20)18-5-3-13(4-6-18)19-9-12(8-17-19)16(21)22/h7-9,13H,3-6H2,1-2H3,(H,21,22). The number of aryl methyl sites for hydroxylation is 2. The normalized spacial score (nSPS) is 15.8. The van der Waals surface area contributed by atoms with Crippen molar-refractivity contribution in [3.63, 3.8) is 0 Å². The zero-order valence-corrected chi connectivity index (χ0v) is 13.2. The maximum absolute atomic E-state index is 12.5. The van der Waals surface area contributed by atoms with Crippen LogP contribution in [-0.2, 0) is 0 Å². The lowest BCUT2D eigenvalue weighted by atomic mass is 10.0. The molecule has 1 N–H and O–H groups in total. The van der Waals surface area contributed by atoms with Gasteiger partial charge in [-0.1, -0.05) is 0 Å². The minimum Gasteiger partial charge on any atom is -0.478 e. The van der Waals surface area contributed by atoms with Crippen LogP contribution in [0, 0.1) is 13.8 Å². The van der Waals surface area contributed by atoms with Crippen molar-refractivity contribution in [2.75, 3.05) is 13.1 Å². The average molecular weight is 317 g/mol. The van der Waals surface area contributed by atoms with Gasteiger partial charge in [-0.05, 0) is 32.8 Å². The Labute approximate surface area is 133 Å². The Morgan fingerprint density at radius 3 is 2.52 bits per heavy atom. The molecule has 2 aromatic rings. The van der Waals surface area contributed by atoms with Crippen LogP contribution in [0.1, 0.15) is 51.1 Å². The van der Waals surface area contributed by atoms with Gasteiger partial charge < -0.3 is 14.4 Å². The lowest BCUT2D eigenvalue weighted by molar-refractivity contribution is 0.0655. The SMILES string of the molecule is Cc1cc(C)c(C(=O)N2CCC(n3cc(C(=O)O)cn3)CC2)o1. The van der Waals surface area contributed by atoms with E-state index in [0.29, 0.717) is 18.8 Å². The van der Waals surface area contributed by atoms with E-state index in [0.717, 1.165) is 24.2 Å². The molecule has 2 aromatic heterocycles. The fraction of sp³-hybridized carbons (Fsp3) is 0.438. The van der Waals surface area contributed by atoms with E-state index in [1.807, 2.05) is 19.9 Å². The Kier molecular flexibility index (Phi) is 3.94. The maximum atomic E-state index is 12.5. The van der Waals surface area contributed by atoms with Crippen molar-refractivity contribution >= 4 is 11.9 Å². The summed E-state index contributed by atoms with van der Waals surface area (Å²) in [6.45, 7) is 4.90. The Balaban J connectivity index is 1.65. The van der Waals surface area contributed by atoms with Crippen LogP contribution in [-0.4, -0.2) is 44.8 Å². The van der Waals surface area contributed by atoms with Crippen LogP contribution in [0.4, 0.5) is 0 Å². The van der Waals surface area contributed by atoms with Crippen molar-refractivity contribution in [3.05, 3.63) is 41.1 Å². The molecule has 0 aromatic carbocycles. The molecular weight excluding hydrogens is 298 g/mol. The molecule has 1 amide bonds. The Bertz CT molecular complexity index is 738. The van der Waals surface area contributed by atoms with Crippen LogP contribution < -0.4 is 0 Å². The van der Waals surface area contributed by atoms with E-state index in [4.69, 9.17) is 9.52 Å². The first kappa shape index (κ1) is 15.3. The molecule has 0 spiro atoms. The fourth-order valence-electron chi connectivity index (χ4n) is 2.98. The third-order valence-corrected chi connectivity index (χ3v) is 4.21. The second kappa shape index (κ2) is 5.91. The van der Waals surface area contributed by atoms with Crippen LogP contribution in [0.5, 0.6) is 0 Å². The predicted molar refractivity (Wildman–Crippen MR) is 81.5 cm³/mol. The molecule has 7 nitrogen and oxygen atoms in total. The highest BCUT2D eigenvalue weighted by Crippen LogP contribution is 2.24. The third kappa shape index (κ3) is 2.99. The summed E-state index contributed by atoms with van der Waals surface area (Å²) in [4.78, 5) is 25.2. The molecule has 3 heterocycles. The van der Waals surface area contributed by atoms with Crippen LogP contribution in [0.2, 0.25) is 0 Å². The molecule has 0 saturated carbocycles. The van der Waals surface area contributed by atoms with Gasteiger partial charge in [0.05, 0.1) is 17.8 Å². The summed E-state index contributed by atoms with van der Waals surface area (Å²) in [5, 5.41) is 13.1. The van der Waals surface area contributed by atoms with Gasteiger partial charge in [0, 0.05) is 24.8 Å². The molecule has 1 aliphatic heterocycles. The molecule has 0 aliphatic carbocycles. The van der Waals surface area contributed by atoms with Crippen molar-refractivity contribution < 1.29 is 19.1 Å². The largest absolute Gasteiger partial charge is 0.478 e. The molecule has 1 fully saturated rings. The summed E-state index contributed by atoms with van der Waals surface area (Å²) >= 11 is 0. The van der Waals surface area contributed by atoms with E-state index < -0.39 is 5.97 Å². The molecular formula is C16H19N3O4. The Hall–Kier alpha value is -2.57. The number of aromatic nitrogens is 2. The number of hydrogen-bond acceptors (Lipinski definition) is 4. The number of carbonyl (C=O) groups is 2. The predicted octanol–water partition coefficient (Wildman–Crippen LogP) is 2.27. The summed E-state index contributed by atoms with van der Waals surface area (Å²) in [6, 6.07) is 1.98. The van der Waals surface area contributed by atoms with Gasteiger partial charge in [0.1, 0.15) is 5.76 Å². The lowest BCUT2D eigenvalue weighted by Gasteiger charge is -2.31. The molecule has 3 rings (SSSR count). The number of carbonyl (C=O) groups excluding carboxylic acids is 1. The van der Waals surface area contributed by atoms with Crippen molar-refractivity contribution in [1.29, 1.82) is 0 Å². The fourth-order valence-corrected chi connectivity index (χ4v) is 2.98. The van der Waals surface area contributed by atoms with Crippen molar-refractivity contribution in [3.8, 4) is 0 Å². The Morgan fingerprint density at radius 1 is 1.30 bits per heavy atom. The number of amides is 1. The number of furan rings is 1. The second-order valence-electron chi connectivity index (χ2n) is 5.91. The van der Waals surface area contributed by atoms with Gasteiger partial charge in [-0.15, -0.1) is 0 Å². The van der Waals surface area contributed by atoms with E-state index in [1.54, 1.807) is 15.8 Å². The second-order valence-corrected chi connectivity index (χ2v) is 5.91. The van der Waals surface area contributed by atoms with Crippen LogP contribution >= 0.6 is 0 Å². The molecule has 1 saturated heterocycles. The first-order chi connectivity index (χ1) is 11.0. The summed E-state index contributed by atoms with van der Waals surface area (Å²) in [7, 11) is 0. The topological polar surface area (TPSA) is 88.6 Å². The highest BCUT2D eigenvalue weighted by molar-refractivity contribution is 5.93. The summed E-state index contributed by atoms with van der Waals surface area (Å²) < 4.78 is 7.18. The first-order valence-electron chi connectivity index (χ1n) is 7.59. The maximum Gasteiger partial charge on any atom is 0.338 e. The van der Waals surface area contributed by atoms with Gasteiger partial charge in [-0.3, -0.25) is 9.48 Å². The molecule has 1 aliphatic rings. The highest BCUT2D eigenvalue weighted by atomic mass is 16.4. The average Bonchev–Trinajstić information content (AvgIpc) is 3.13. The number of aromatic carboxylic acids is 1. The Morgan fingerprint density at radius 2 is 2.00 bits per heavy atom. The van der Waals surface area contributed by atoms with Gasteiger partial charge in [-0.2, -0.15) is 5.10 Å². The molecule has 0 atom stereocenters. The number of hydrogen-bond donors (Lipinski definition) is 1. The van der Waals surface area contributed by atoms with Crippen molar-refractivity contribution in [2.24, 2.45) is 0 Å². The smallest absolute Gasteiger partial charge is 0.338 e. The van der Waals surface area contributed by atoms with Gasteiger partial charge >= 0.3 is 5.97 Å². The zero-order chi connectivity index (χ0) is 16.6. The molecule has 7 heteroatoms. The number of carboxylic acid groups (broad SMARTS) is 1. The molecule has 23 heavy (non-hydrogen) atoms. The number of piperidine rings is 1. The minimum absolute atomic E-state index is 0.0826. The molecule has 0 bridgehead atoms. The van der Waals surface area contributed by atoms with Gasteiger partial charge in [0.15, 0.2) is 5.76 Å². The number of rotatable bonds is 3. The van der Waals surface area contributed by atoms with E-state index >= 15 is 0 Å². The summed E-state index contributed by atoms with van der Waals surface area (Å²) in [5.41, 5.74) is 1.04. The van der Waals surface area contributed by atoms with Crippen LogP contribution in [0.15, 0.2) is 22.9 Å². The summed E-state index contributed by atoms with van der Waals surface area (Å²) in [5.74, 6) is 0.0833. The third-order valence-electron chi connectivity index (χ3n) is 4.21. The summed E-state index contributed by atoms with van der Waals surface area (Å²) in [6.07, 6.45) is 4.38. The van der Waals surface area contributed by atoms with E-state index in [9.17, 15) is 9.59 Å². The quantitative estimate of drug-likeness (QED) is 0.938. The van der Waals surface area contributed by atoms with E-state index in [-0.39, 0.29) is 17.5 Å². The van der Waals surface area contributed by atoms with Gasteiger partial charge in [0.2, 0.25) is 0 Å². The van der Waals surface area contributed by atoms with E-state index in [2.05, 4.69) is 5.10 Å². The van der Waals surface area contributed by atoms with Gasteiger partial charge in [-0.25, -0.2) is 4.79 Å². The molecule has 0 radical (unpaired) electrons. The zero-order valence-electron chi connectivity index (χ0n) is 13.2. The van der Waals surface area contributed by atoms with Crippen LogP contribution in [0.25, 0.3) is 0 Å². The first-order valence-corrected chi connectivity index (χ1v) is 7.59. The number of likely N-dealkylation sites (tertiary alicyclic amines) is 1. The highest BCUT2D eigenvalue weighted by Gasteiger charge is 2.27. The lowest BCUT2D eigenvalue weighted by Crippen LogP contribution is -2.39. The molecule has 122 valence electrons. The monoisotopic (exact) mass is 317 g/mol. The number of nitrogens with zero attached hydrogens (tertiary/aromatic N) is 3. The van der Waals surface area contributed by atoms with Crippen molar-refractivity contribution in [2.45, 2.75) is 32.7 Å². The number of carboxylic acids is 1.